The standard InChI is InChI=1S/C27H25NO3/c1-18(28-11-9-22(17-28)19-5-3-2-4-6-19)13-26(30)21-8-7-20-16-27-24(15-23(20)14-21)25(29)10-12-31-27/h2-8,10,12,14-16,18,22H,9,11,13,17H2,1H3. The topological polar surface area (TPSA) is 50.5 Å². The molecule has 31 heavy (non-hydrogen) atoms. The third-order valence-corrected chi connectivity index (χ3v) is 6.54. The summed E-state index contributed by atoms with van der Waals surface area (Å²) in [6.45, 7) is 4.16. The summed E-state index contributed by atoms with van der Waals surface area (Å²) in [4.78, 5) is 27.6. The van der Waals surface area contributed by atoms with E-state index in [2.05, 4.69) is 42.2 Å². The van der Waals surface area contributed by atoms with Crippen LogP contribution in [0.4, 0.5) is 0 Å². The fraction of sp³-hybridized carbons (Fsp3) is 0.259. The molecule has 156 valence electrons. The first-order valence-corrected chi connectivity index (χ1v) is 10.9. The smallest absolute Gasteiger partial charge is 0.192 e. The van der Waals surface area contributed by atoms with E-state index in [4.69, 9.17) is 4.42 Å². The third kappa shape index (κ3) is 3.91. The Labute approximate surface area is 181 Å². The first-order chi connectivity index (χ1) is 15.1. The van der Waals surface area contributed by atoms with Gasteiger partial charge in [-0.15, -0.1) is 0 Å². The van der Waals surface area contributed by atoms with Gasteiger partial charge in [0.25, 0.3) is 0 Å². The number of benzene rings is 3. The van der Waals surface area contributed by atoms with E-state index in [1.807, 2.05) is 30.3 Å². The quantitative estimate of drug-likeness (QED) is 0.326. The van der Waals surface area contributed by atoms with Crippen LogP contribution in [0, 0.1) is 0 Å². The molecule has 0 aliphatic carbocycles. The molecule has 4 nitrogen and oxygen atoms in total. The fourth-order valence-corrected chi connectivity index (χ4v) is 4.70. The Morgan fingerprint density at radius 3 is 2.74 bits per heavy atom. The monoisotopic (exact) mass is 411 g/mol. The van der Waals surface area contributed by atoms with Crippen molar-refractivity contribution in [1.82, 2.24) is 4.90 Å². The molecule has 1 saturated heterocycles. The molecule has 5 rings (SSSR count). The predicted molar refractivity (Wildman–Crippen MR) is 124 cm³/mol. The number of carbonyl (C=O) groups is 1. The van der Waals surface area contributed by atoms with Gasteiger partial charge in [0, 0.05) is 30.6 Å². The summed E-state index contributed by atoms with van der Waals surface area (Å²) < 4.78 is 5.46. The number of Topliss-reactive ketones (excluding diaryl/α,β-unsaturated/α-hetero) is 1. The summed E-state index contributed by atoms with van der Waals surface area (Å²) in [5.41, 5.74) is 2.57. The SMILES string of the molecule is CC(CC(=O)c1ccc2cc3occc(=O)c3cc2c1)N1CCC(c2ccccc2)C1. The summed E-state index contributed by atoms with van der Waals surface area (Å²) in [5.74, 6) is 0.678. The first kappa shape index (κ1) is 19.7. The molecule has 1 aliphatic rings. The minimum atomic E-state index is -0.0736. The molecule has 2 unspecified atom stereocenters. The lowest BCUT2D eigenvalue weighted by Crippen LogP contribution is -2.32. The molecule has 0 amide bonds. The number of likely N-dealkylation sites (tertiary alicyclic amines) is 1. The normalized spacial score (nSPS) is 17.9. The van der Waals surface area contributed by atoms with Gasteiger partial charge < -0.3 is 4.42 Å². The molecule has 2 heterocycles. The fourth-order valence-electron chi connectivity index (χ4n) is 4.70. The van der Waals surface area contributed by atoms with Gasteiger partial charge in [0.2, 0.25) is 0 Å². The number of fused-ring (bicyclic) bond motifs is 2. The summed E-state index contributed by atoms with van der Waals surface area (Å²) in [6.07, 6.45) is 3.04. The van der Waals surface area contributed by atoms with Crippen molar-refractivity contribution in [2.75, 3.05) is 13.1 Å². The van der Waals surface area contributed by atoms with E-state index in [-0.39, 0.29) is 17.3 Å². The highest BCUT2D eigenvalue weighted by molar-refractivity contribution is 6.02. The van der Waals surface area contributed by atoms with Crippen molar-refractivity contribution in [1.29, 1.82) is 0 Å². The van der Waals surface area contributed by atoms with Crippen LogP contribution in [-0.4, -0.2) is 29.8 Å². The molecule has 1 aromatic heterocycles. The third-order valence-electron chi connectivity index (χ3n) is 6.54. The Bertz CT molecular complexity index is 1310. The average molecular weight is 412 g/mol. The van der Waals surface area contributed by atoms with Crippen molar-refractivity contribution < 1.29 is 9.21 Å². The molecule has 0 N–H and O–H groups in total. The van der Waals surface area contributed by atoms with Crippen molar-refractivity contribution in [3.8, 4) is 0 Å². The average Bonchev–Trinajstić information content (AvgIpc) is 3.29. The van der Waals surface area contributed by atoms with Crippen LogP contribution in [-0.2, 0) is 0 Å². The van der Waals surface area contributed by atoms with Crippen molar-refractivity contribution in [3.05, 3.63) is 94.3 Å². The summed E-state index contributed by atoms with van der Waals surface area (Å²) in [7, 11) is 0. The maximum atomic E-state index is 13.0. The lowest BCUT2D eigenvalue weighted by atomic mass is 9.98. The Balaban J connectivity index is 1.32. The maximum absolute atomic E-state index is 13.0. The summed E-state index contributed by atoms with van der Waals surface area (Å²) in [6, 6.07) is 21.6. The minimum Gasteiger partial charge on any atom is -0.464 e. The number of nitrogens with zero attached hydrogens (tertiary/aromatic N) is 1. The molecule has 4 aromatic rings. The van der Waals surface area contributed by atoms with Crippen molar-refractivity contribution in [2.24, 2.45) is 0 Å². The van der Waals surface area contributed by atoms with Gasteiger partial charge in [-0.1, -0.05) is 42.5 Å². The van der Waals surface area contributed by atoms with E-state index in [0.29, 0.717) is 28.9 Å². The molecule has 1 fully saturated rings. The van der Waals surface area contributed by atoms with Crippen LogP contribution in [0.1, 0.15) is 41.6 Å². The number of ketones is 1. The van der Waals surface area contributed by atoms with Crippen LogP contribution < -0.4 is 5.43 Å². The molecule has 1 aliphatic heterocycles. The second-order valence-corrected chi connectivity index (χ2v) is 8.56. The Kier molecular flexibility index (Phi) is 5.16. The lowest BCUT2D eigenvalue weighted by Gasteiger charge is -2.24. The second kappa shape index (κ2) is 8.12. The second-order valence-electron chi connectivity index (χ2n) is 8.56. The van der Waals surface area contributed by atoms with Crippen molar-refractivity contribution in [3.63, 3.8) is 0 Å². The van der Waals surface area contributed by atoms with E-state index in [9.17, 15) is 9.59 Å². The molecule has 3 aromatic carbocycles. The maximum Gasteiger partial charge on any atom is 0.192 e. The van der Waals surface area contributed by atoms with Gasteiger partial charge in [-0.05, 0) is 60.3 Å². The zero-order valence-corrected chi connectivity index (χ0v) is 17.6. The van der Waals surface area contributed by atoms with Gasteiger partial charge in [-0.3, -0.25) is 14.5 Å². The van der Waals surface area contributed by atoms with E-state index < -0.39 is 0 Å². The van der Waals surface area contributed by atoms with E-state index in [1.165, 1.54) is 17.9 Å². The van der Waals surface area contributed by atoms with E-state index in [1.54, 1.807) is 0 Å². The zero-order valence-electron chi connectivity index (χ0n) is 17.6. The van der Waals surface area contributed by atoms with E-state index in [0.717, 1.165) is 30.3 Å². The van der Waals surface area contributed by atoms with Crippen LogP contribution in [0.2, 0.25) is 0 Å². The van der Waals surface area contributed by atoms with Crippen LogP contribution in [0.15, 0.2) is 82.2 Å². The summed E-state index contributed by atoms with van der Waals surface area (Å²) in [5, 5.41) is 2.38. The number of hydrogen-bond acceptors (Lipinski definition) is 4. The molecular weight excluding hydrogens is 386 g/mol. The van der Waals surface area contributed by atoms with E-state index >= 15 is 0 Å². The van der Waals surface area contributed by atoms with Crippen LogP contribution in [0.25, 0.3) is 21.7 Å². The Hall–Kier alpha value is -3.24. The molecule has 0 spiro atoms. The van der Waals surface area contributed by atoms with Crippen LogP contribution in [0.5, 0.6) is 0 Å². The van der Waals surface area contributed by atoms with Crippen molar-refractivity contribution >= 4 is 27.5 Å². The minimum absolute atomic E-state index is 0.0736. The van der Waals surface area contributed by atoms with Crippen molar-refractivity contribution in [2.45, 2.75) is 31.7 Å². The highest BCUT2D eigenvalue weighted by atomic mass is 16.3. The van der Waals surface area contributed by atoms with Crippen LogP contribution >= 0.6 is 0 Å². The lowest BCUT2D eigenvalue weighted by molar-refractivity contribution is 0.0940. The molecule has 0 saturated carbocycles. The van der Waals surface area contributed by atoms with Gasteiger partial charge >= 0.3 is 0 Å². The van der Waals surface area contributed by atoms with Gasteiger partial charge in [-0.2, -0.15) is 0 Å². The molecule has 2 atom stereocenters. The van der Waals surface area contributed by atoms with Gasteiger partial charge in [0.05, 0.1) is 11.6 Å². The largest absolute Gasteiger partial charge is 0.464 e. The van der Waals surface area contributed by atoms with Gasteiger partial charge in [-0.25, -0.2) is 0 Å². The number of carbonyl (C=O) groups excluding carboxylic acids is 1. The molecule has 4 heteroatoms. The molecule has 0 bridgehead atoms. The number of hydrogen-bond donors (Lipinski definition) is 0. The summed E-state index contributed by atoms with van der Waals surface area (Å²) >= 11 is 0. The van der Waals surface area contributed by atoms with Crippen LogP contribution in [0.3, 0.4) is 0 Å². The van der Waals surface area contributed by atoms with Gasteiger partial charge in [0.15, 0.2) is 11.2 Å². The highest BCUT2D eigenvalue weighted by Gasteiger charge is 2.28. The zero-order chi connectivity index (χ0) is 21.4. The Morgan fingerprint density at radius 1 is 1.06 bits per heavy atom. The first-order valence-electron chi connectivity index (χ1n) is 10.9. The highest BCUT2D eigenvalue weighted by Crippen LogP contribution is 2.29. The molecular formula is C27H25NO3. The number of rotatable bonds is 5. The van der Waals surface area contributed by atoms with Gasteiger partial charge in [0.1, 0.15) is 5.58 Å². The Morgan fingerprint density at radius 2 is 1.90 bits per heavy atom. The molecule has 0 radical (unpaired) electrons. The predicted octanol–water partition coefficient (Wildman–Crippen LogP) is 5.40.